The van der Waals surface area contributed by atoms with Crippen molar-refractivity contribution in [1.82, 2.24) is 9.62 Å². The first-order valence-corrected chi connectivity index (χ1v) is 7.50. The van der Waals surface area contributed by atoms with E-state index in [0.29, 0.717) is 13.1 Å². The molecule has 6 heteroatoms. The third-order valence-electron chi connectivity index (χ3n) is 3.25. The largest absolute Gasteiger partial charge is 0.390 e. The number of likely N-dealkylation sites (N-methyl/N-ethyl adjacent to an activating group) is 1. The molecule has 0 radical (unpaired) electrons. The molecule has 2 N–H and O–H groups in total. The summed E-state index contributed by atoms with van der Waals surface area (Å²) >= 11 is 0. The maximum Gasteiger partial charge on any atom is 0.218 e. The maximum absolute atomic E-state index is 12.2. The highest BCUT2D eigenvalue weighted by Crippen LogP contribution is 2.15. The zero-order chi connectivity index (χ0) is 13.2. The molecule has 1 aliphatic rings. The molecule has 0 bridgehead atoms. The van der Waals surface area contributed by atoms with Gasteiger partial charge >= 0.3 is 0 Å². The van der Waals surface area contributed by atoms with Gasteiger partial charge in [0, 0.05) is 20.1 Å². The molecule has 2 atom stereocenters. The summed E-state index contributed by atoms with van der Waals surface area (Å²) in [7, 11) is -1.87. The van der Waals surface area contributed by atoms with Gasteiger partial charge in [0.15, 0.2) is 0 Å². The summed E-state index contributed by atoms with van der Waals surface area (Å²) in [6, 6.07) is 8.68. The Bertz CT molecular complexity index is 489. The minimum Gasteiger partial charge on any atom is -0.390 e. The van der Waals surface area contributed by atoms with E-state index in [-0.39, 0.29) is 11.8 Å². The first kappa shape index (κ1) is 13.5. The monoisotopic (exact) mass is 270 g/mol. The highest BCUT2D eigenvalue weighted by atomic mass is 32.2. The second kappa shape index (κ2) is 5.36. The minimum absolute atomic E-state index is 0.0342. The Morgan fingerprint density at radius 1 is 1.33 bits per heavy atom. The first-order chi connectivity index (χ1) is 8.50. The van der Waals surface area contributed by atoms with Crippen molar-refractivity contribution in [3.8, 4) is 0 Å². The van der Waals surface area contributed by atoms with E-state index in [1.807, 2.05) is 18.2 Å². The van der Waals surface area contributed by atoms with Crippen molar-refractivity contribution in [2.45, 2.75) is 17.9 Å². The highest BCUT2D eigenvalue weighted by molar-refractivity contribution is 7.88. The van der Waals surface area contributed by atoms with Gasteiger partial charge in [0.1, 0.15) is 0 Å². The zero-order valence-corrected chi connectivity index (χ0v) is 11.1. The third-order valence-corrected chi connectivity index (χ3v) is 5.10. The first-order valence-electron chi connectivity index (χ1n) is 5.89. The fraction of sp³-hybridized carbons (Fsp3) is 0.500. The lowest BCUT2D eigenvalue weighted by atomic mass is 10.2. The SMILES string of the molecule is CN([C@H]1CNC[C@@H]1O)S(=O)(=O)Cc1ccccc1. The molecule has 1 aromatic rings. The minimum atomic E-state index is -3.40. The summed E-state index contributed by atoms with van der Waals surface area (Å²) < 4.78 is 25.7. The van der Waals surface area contributed by atoms with E-state index in [1.165, 1.54) is 11.4 Å². The smallest absolute Gasteiger partial charge is 0.218 e. The number of hydrogen-bond acceptors (Lipinski definition) is 4. The van der Waals surface area contributed by atoms with Gasteiger partial charge in [0.05, 0.1) is 17.9 Å². The molecule has 5 nitrogen and oxygen atoms in total. The van der Waals surface area contributed by atoms with Crippen LogP contribution >= 0.6 is 0 Å². The molecule has 1 aliphatic heterocycles. The van der Waals surface area contributed by atoms with Crippen LogP contribution in [-0.2, 0) is 15.8 Å². The van der Waals surface area contributed by atoms with Gasteiger partial charge in [-0.3, -0.25) is 0 Å². The molecule has 0 aliphatic carbocycles. The van der Waals surface area contributed by atoms with Crippen molar-refractivity contribution in [2.24, 2.45) is 0 Å². The lowest BCUT2D eigenvalue weighted by Crippen LogP contribution is -2.44. The van der Waals surface area contributed by atoms with Gasteiger partial charge in [-0.25, -0.2) is 8.42 Å². The number of nitrogens with one attached hydrogen (secondary N) is 1. The Labute approximate surface area is 107 Å². The number of β-amino-alcohol motifs (C(OH)–C–C–N with tert-alkyl or cyclic N) is 1. The van der Waals surface area contributed by atoms with E-state index in [0.717, 1.165) is 5.56 Å². The van der Waals surface area contributed by atoms with Gasteiger partial charge in [-0.2, -0.15) is 4.31 Å². The average Bonchev–Trinajstić information content (AvgIpc) is 2.75. The molecule has 1 saturated heterocycles. The van der Waals surface area contributed by atoms with Crippen LogP contribution in [0.1, 0.15) is 5.56 Å². The molecular weight excluding hydrogens is 252 g/mol. The molecule has 2 rings (SSSR count). The van der Waals surface area contributed by atoms with Crippen LogP contribution in [0.2, 0.25) is 0 Å². The molecule has 18 heavy (non-hydrogen) atoms. The Kier molecular flexibility index (Phi) is 4.01. The van der Waals surface area contributed by atoms with Crippen LogP contribution in [0.5, 0.6) is 0 Å². The van der Waals surface area contributed by atoms with Crippen LogP contribution in [0.25, 0.3) is 0 Å². The summed E-state index contributed by atoms with van der Waals surface area (Å²) in [5.74, 6) is -0.0342. The predicted molar refractivity (Wildman–Crippen MR) is 69.5 cm³/mol. The lowest BCUT2D eigenvalue weighted by Gasteiger charge is -2.25. The second-order valence-corrected chi connectivity index (χ2v) is 6.58. The van der Waals surface area contributed by atoms with Gasteiger partial charge < -0.3 is 10.4 Å². The van der Waals surface area contributed by atoms with E-state index in [9.17, 15) is 13.5 Å². The van der Waals surface area contributed by atoms with Crippen molar-refractivity contribution in [3.05, 3.63) is 35.9 Å². The summed E-state index contributed by atoms with van der Waals surface area (Å²) in [4.78, 5) is 0. The van der Waals surface area contributed by atoms with Crippen LogP contribution in [-0.4, -0.2) is 50.1 Å². The summed E-state index contributed by atoms with van der Waals surface area (Å²) in [6.45, 7) is 0.932. The molecule has 1 aromatic carbocycles. The topological polar surface area (TPSA) is 69.6 Å². The highest BCUT2D eigenvalue weighted by Gasteiger charge is 2.34. The van der Waals surface area contributed by atoms with Crippen LogP contribution in [0.15, 0.2) is 30.3 Å². The zero-order valence-electron chi connectivity index (χ0n) is 10.3. The molecule has 0 saturated carbocycles. The number of hydrogen-bond donors (Lipinski definition) is 2. The lowest BCUT2D eigenvalue weighted by molar-refractivity contribution is 0.136. The molecule has 0 amide bonds. The Morgan fingerprint density at radius 3 is 2.56 bits per heavy atom. The Balaban J connectivity index is 2.11. The fourth-order valence-corrected chi connectivity index (χ4v) is 3.56. The van der Waals surface area contributed by atoms with E-state index < -0.39 is 16.1 Å². The van der Waals surface area contributed by atoms with Gasteiger partial charge in [-0.05, 0) is 5.56 Å². The van der Waals surface area contributed by atoms with Crippen molar-refractivity contribution in [2.75, 3.05) is 20.1 Å². The number of rotatable bonds is 4. The Hall–Kier alpha value is -0.950. The maximum atomic E-state index is 12.2. The normalized spacial score (nSPS) is 24.6. The van der Waals surface area contributed by atoms with Crippen molar-refractivity contribution in [1.29, 1.82) is 0 Å². The molecule has 0 spiro atoms. The van der Waals surface area contributed by atoms with Crippen molar-refractivity contribution < 1.29 is 13.5 Å². The van der Waals surface area contributed by atoms with Crippen LogP contribution in [0, 0.1) is 0 Å². The van der Waals surface area contributed by atoms with Crippen LogP contribution in [0.4, 0.5) is 0 Å². The van der Waals surface area contributed by atoms with Crippen LogP contribution in [0.3, 0.4) is 0 Å². The number of aliphatic hydroxyl groups is 1. The summed E-state index contributed by atoms with van der Waals surface area (Å²) in [5, 5.41) is 12.7. The molecular formula is C12H18N2O3S. The standard InChI is InChI=1S/C12H18N2O3S/c1-14(11-7-13-8-12(11)15)18(16,17)9-10-5-3-2-4-6-10/h2-6,11-13,15H,7-9H2,1H3/t11-,12-/m0/s1. The molecule has 100 valence electrons. The third kappa shape index (κ3) is 2.89. The number of benzene rings is 1. The molecule has 0 aromatic heterocycles. The van der Waals surface area contributed by atoms with Gasteiger partial charge in [0.25, 0.3) is 0 Å². The molecule has 0 unspecified atom stereocenters. The van der Waals surface area contributed by atoms with E-state index in [2.05, 4.69) is 5.32 Å². The van der Waals surface area contributed by atoms with Gasteiger partial charge in [-0.15, -0.1) is 0 Å². The number of sulfonamides is 1. The van der Waals surface area contributed by atoms with Crippen molar-refractivity contribution in [3.63, 3.8) is 0 Å². The Morgan fingerprint density at radius 2 is 2.00 bits per heavy atom. The number of nitrogens with zero attached hydrogens (tertiary/aromatic N) is 1. The van der Waals surface area contributed by atoms with E-state index >= 15 is 0 Å². The van der Waals surface area contributed by atoms with Gasteiger partial charge in [-0.1, -0.05) is 30.3 Å². The molecule has 1 fully saturated rings. The summed E-state index contributed by atoms with van der Waals surface area (Å²) in [5.41, 5.74) is 0.754. The van der Waals surface area contributed by atoms with Gasteiger partial charge in [0.2, 0.25) is 10.0 Å². The van der Waals surface area contributed by atoms with E-state index in [1.54, 1.807) is 12.1 Å². The predicted octanol–water partition coefficient (Wildman–Crippen LogP) is -0.219. The van der Waals surface area contributed by atoms with E-state index in [4.69, 9.17) is 0 Å². The molecule has 1 heterocycles. The number of aliphatic hydroxyl groups excluding tert-OH is 1. The van der Waals surface area contributed by atoms with Crippen LogP contribution < -0.4 is 5.32 Å². The van der Waals surface area contributed by atoms with Crippen molar-refractivity contribution >= 4 is 10.0 Å². The quantitative estimate of drug-likeness (QED) is 0.794. The second-order valence-electron chi connectivity index (χ2n) is 4.55. The fourth-order valence-electron chi connectivity index (χ4n) is 2.12. The summed E-state index contributed by atoms with van der Waals surface area (Å²) in [6.07, 6.45) is -0.638. The average molecular weight is 270 g/mol.